The van der Waals surface area contributed by atoms with Crippen molar-refractivity contribution in [1.82, 2.24) is 10.2 Å². The third-order valence-electron chi connectivity index (χ3n) is 7.85. The average Bonchev–Trinajstić information content (AvgIpc) is 3.12. The Bertz CT molecular complexity index is 1830. The van der Waals surface area contributed by atoms with Crippen LogP contribution in [0.25, 0.3) is 0 Å². The Kier molecular flexibility index (Phi) is 13.1. The number of nitrogens with one attached hydrogen (secondary N) is 1. The van der Waals surface area contributed by atoms with Gasteiger partial charge in [-0.25, -0.2) is 8.42 Å². The number of hydrogen-bond acceptors (Lipinski definition) is 8. The zero-order valence-corrected chi connectivity index (χ0v) is 30.1. The molecular formula is C38H45N3O8S. The summed E-state index contributed by atoms with van der Waals surface area (Å²) in [6.45, 7) is 5.34. The SMILES string of the molecule is CCOc1ccc(N(CC(=O)N(Cc2cccc(OC)c2)[C@@H](Cc2ccccc2)C(=O)NC(C)C)S(=O)(=O)c2ccc(OC)c(OC)c2)cc1. The molecule has 4 aromatic rings. The summed E-state index contributed by atoms with van der Waals surface area (Å²) in [6, 6.07) is 26.1. The fourth-order valence-corrected chi connectivity index (χ4v) is 6.84. The van der Waals surface area contributed by atoms with Crippen molar-refractivity contribution in [1.29, 1.82) is 0 Å². The molecule has 0 saturated heterocycles. The van der Waals surface area contributed by atoms with Crippen LogP contribution in [-0.4, -0.2) is 71.7 Å². The summed E-state index contributed by atoms with van der Waals surface area (Å²) in [7, 11) is 0.0256. The lowest BCUT2D eigenvalue weighted by atomic mass is 10.0. The van der Waals surface area contributed by atoms with E-state index in [2.05, 4.69) is 5.32 Å². The first kappa shape index (κ1) is 37.6. The first-order valence-electron chi connectivity index (χ1n) is 16.2. The van der Waals surface area contributed by atoms with Gasteiger partial charge in [0.25, 0.3) is 10.0 Å². The maximum absolute atomic E-state index is 14.7. The number of carbonyl (C=O) groups is 2. The Morgan fingerprint density at radius 3 is 2.06 bits per heavy atom. The van der Waals surface area contributed by atoms with Gasteiger partial charge >= 0.3 is 0 Å². The van der Waals surface area contributed by atoms with E-state index in [0.29, 0.717) is 29.4 Å². The smallest absolute Gasteiger partial charge is 0.264 e. The maximum Gasteiger partial charge on any atom is 0.264 e. The van der Waals surface area contributed by atoms with Gasteiger partial charge in [-0.3, -0.25) is 13.9 Å². The first-order chi connectivity index (χ1) is 24.0. The van der Waals surface area contributed by atoms with Crippen LogP contribution in [0.1, 0.15) is 31.9 Å². The lowest BCUT2D eigenvalue weighted by molar-refractivity contribution is -0.140. The number of methoxy groups -OCH3 is 3. The number of carbonyl (C=O) groups excluding carboxylic acids is 2. The Balaban J connectivity index is 1.84. The van der Waals surface area contributed by atoms with Crippen molar-refractivity contribution in [2.24, 2.45) is 0 Å². The molecule has 4 aromatic carbocycles. The molecule has 2 amide bonds. The van der Waals surface area contributed by atoms with Crippen LogP contribution in [0.4, 0.5) is 5.69 Å². The third-order valence-corrected chi connectivity index (χ3v) is 9.62. The van der Waals surface area contributed by atoms with Gasteiger partial charge in [0.15, 0.2) is 11.5 Å². The predicted molar refractivity (Wildman–Crippen MR) is 192 cm³/mol. The second-order valence-electron chi connectivity index (χ2n) is 11.7. The van der Waals surface area contributed by atoms with E-state index in [9.17, 15) is 18.0 Å². The molecule has 0 unspecified atom stereocenters. The zero-order valence-electron chi connectivity index (χ0n) is 29.3. The fourth-order valence-electron chi connectivity index (χ4n) is 5.41. The Morgan fingerprint density at radius 2 is 1.44 bits per heavy atom. The Morgan fingerprint density at radius 1 is 0.760 bits per heavy atom. The number of amides is 2. The highest BCUT2D eigenvalue weighted by atomic mass is 32.2. The van der Waals surface area contributed by atoms with Crippen LogP contribution in [0.5, 0.6) is 23.0 Å². The highest BCUT2D eigenvalue weighted by Gasteiger charge is 2.35. The van der Waals surface area contributed by atoms with Crippen molar-refractivity contribution in [3.05, 3.63) is 108 Å². The summed E-state index contributed by atoms with van der Waals surface area (Å²) in [6.07, 6.45) is 0.195. The van der Waals surface area contributed by atoms with Crippen LogP contribution in [0.2, 0.25) is 0 Å². The van der Waals surface area contributed by atoms with E-state index < -0.39 is 28.5 Å². The van der Waals surface area contributed by atoms with E-state index in [0.717, 1.165) is 9.87 Å². The van der Waals surface area contributed by atoms with Crippen LogP contribution in [-0.2, 0) is 32.6 Å². The normalized spacial score (nSPS) is 11.7. The topological polar surface area (TPSA) is 124 Å². The molecule has 1 atom stereocenters. The van der Waals surface area contributed by atoms with Gasteiger partial charge in [0.2, 0.25) is 11.8 Å². The van der Waals surface area contributed by atoms with Crippen LogP contribution in [0, 0.1) is 0 Å². The molecule has 0 aliphatic rings. The van der Waals surface area contributed by atoms with Gasteiger partial charge < -0.3 is 29.2 Å². The number of rotatable bonds is 17. The van der Waals surface area contributed by atoms with Crippen LogP contribution in [0.3, 0.4) is 0 Å². The molecule has 0 saturated carbocycles. The molecule has 0 aliphatic heterocycles. The number of nitrogens with zero attached hydrogens (tertiary/aromatic N) is 2. The Hall–Kier alpha value is -5.23. The molecule has 0 aromatic heterocycles. The highest BCUT2D eigenvalue weighted by Crippen LogP contribution is 2.33. The van der Waals surface area contributed by atoms with Gasteiger partial charge in [-0.1, -0.05) is 42.5 Å². The lowest BCUT2D eigenvalue weighted by Crippen LogP contribution is -2.54. The quantitative estimate of drug-likeness (QED) is 0.154. The van der Waals surface area contributed by atoms with Crippen LogP contribution < -0.4 is 28.6 Å². The van der Waals surface area contributed by atoms with Crippen molar-refractivity contribution in [3.63, 3.8) is 0 Å². The van der Waals surface area contributed by atoms with Crippen LogP contribution in [0.15, 0.2) is 102 Å². The second kappa shape index (κ2) is 17.4. The summed E-state index contributed by atoms with van der Waals surface area (Å²) in [5, 5.41) is 2.96. The van der Waals surface area contributed by atoms with E-state index in [1.807, 2.05) is 57.2 Å². The first-order valence-corrected chi connectivity index (χ1v) is 17.7. The molecule has 12 heteroatoms. The predicted octanol–water partition coefficient (Wildman–Crippen LogP) is 5.47. The standard InChI is InChI=1S/C38H45N3O8S/c1-7-49-31-18-16-30(17-19-31)41(50(44,45)33-20-21-35(47-5)36(24-33)48-6)26-37(42)40(25-29-14-11-15-32(22-29)46-4)34(38(43)39-27(2)3)23-28-12-9-8-10-13-28/h8-22,24,27,34H,7,23,25-26H2,1-6H3,(H,39,43)/t34-/m0/s1. The summed E-state index contributed by atoms with van der Waals surface area (Å²) in [5.74, 6) is 0.715. The van der Waals surface area contributed by atoms with Crippen molar-refractivity contribution in [2.45, 2.75) is 50.7 Å². The summed E-state index contributed by atoms with van der Waals surface area (Å²) < 4.78 is 51.7. The number of hydrogen-bond donors (Lipinski definition) is 1. The van der Waals surface area contributed by atoms with E-state index in [-0.39, 0.29) is 41.2 Å². The molecule has 266 valence electrons. The minimum Gasteiger partial charge on any atom is -0.497 e. The molecule has 50 heavy (non-hydrogen) atoms. The van der Waals surface area contributed by atoms with E-state index in [1.54, 1.807) is 49.6 Å². The van der Waals surface area contributed by atoms with Gasteiger partial charge in [-0.05, 0) is 80.4 Å². The zero-order chi connectivity index (χ0) is 36.3. The Labute approximate surface area is 294 Å². The molecule has 0 radical (unpaired) electrons. The van der Waals surface area contributed by atoms with Gasteiger partial charge in [-0.2, -0.15) is 0 Å². The van der Waals surface area contributed by atoms with E-state index in [1.165, 1.54) is 37.3 Å². The minimum atomic E-state index is -4.38. The molecule has 1 N–H and O–H groups in total. The molecule has 0 aliphatic carbocycles. The molecule has 11 nitrogen and oxygen atoms in total. The average molecular weight is 704 g/mol. The monoisotopic (exact) mass is 703 g/mol. The maximum atomic E-state index is 14.7. The second-order valence-corrected chi connectivity index (χ2v) is 13.6. The minimum absolute atomic E-state index is 0.00652. The largest absolute Gasteiger partial charge is 0.497 e. The third kappa shape index (κ3) is 9.47. The number of benzene rings is 4. The van der Waals surface area contributed by atoms with Gasteiger partial charge in [0.1, 0.15) is 24.1 Å². The number of anilines is 1. The highest BCUT2D eigenvalue weighted by molar-refractivity contribution is 7.92. The molecule has 0 heterocycles. The van der Waals surface area contributed by atoms with Gasteiger partial charge in [0.05, 0.1) is 38.5 Å². The van der Waals surface area contributed by atoms with E-state index in [4.69, 9.17) is 18.9 Å². The van der Waals surface area contributed by atoms with Crippen molar-refractivity contribution in [3.8, 4) is 23.0 Å². The summed E-state index contributed by atoms with van der Waals surface area (Å²) in [4.78, 5) is 30.0. The molecule has 0 bridgehead atoms. The molecule has 0 spiro atoms. The van der Waals surface area contributed by atoms with Crippen LogP contribution >= 0.6 is 0 Å². The van der Waals surface area contributed by atoms with Crippen molar-refractivity contribution >= 4 is 27.5 Å². The van der Waals surface area contributed by atoms with Crippen molar-refractivity contribution in [2.75, 3.05) is 38.8 Å². The van der Waals surface area contributed by atoms with Gasteiger partial charge in [-0.15, -0.1) is 0 Å². The van der Waals surface area contributed by atoms with E-state index >= 15 is 0 Å². The fraction of sp³-hybridized carbons (Fsp3) is 0.316. The number of sulfonamides is 1. The number of ether oxygens (including phenoxy) is 4. The lowest BCUT2D eigenvalue weighted by Gasteiger charge is -2.34. The molecular weight excluding hydrogens is 658 g/mol. The molecule has 0 fully saturated rings. The van der Waals surface area contributed by atoms with Gasteiger partial charge in [0, 0.05) is 25.1 Å². The summed E-state index contributed by atoms with van der Waals surface area (Å²) >= 11 is 0. The summed E-state index contributed by atoms with van der Waals surface area (Å²) in [5.41, 5.74) is 1.76. The van der Waals surface area contributed by atoms with Crippen molar-refractivity contribution < 1.29 is 37.0 Å². The molecule has 4 rings (SSSR count).